The normalized spacial score (nSPS) is 11.2. The number of aromatic carboxylic acids is 1. The Morgan fingerprint density at radius 2 is 2.10 bits per heavy atom. The van der Waals surface area contributed by atoms with Crippen LogP contribution in [0.5, 0.6) is 5.88 Å². The molecule has 1 heterocycles. The van der Waals surface area contributed by atoms with Gasteiger partial charge in [0.25, 0.3) is 5.69 Å². The molecular formula is C12H16N2O6. The molecule has 20 heavy (non-hydrogen) atoms. The molecule has 8 heteroatoms. The lowest BCUT2D eigenvalue weighted by atomic mass is 10.2. The first-order valence-corrected chi connectivity index (χ1v) is 5.85. The van der Waals surface area contributed by atoms with Gasteiger partial charge < -0.3 is 14.6 Å². The number of hydrogen-bond acceptors (Lipinski definition) is 6. The molecule has 1 aromatic rings. The van der Waals surface area contributed by atoms with Gasteiger partial charge in [0, 0.05) is 6.07 Å². The first-order chi connectivity index (χ1) is 9.20. The van der Waals surface area contributed by atoms with E-state index in [9.17, 15) is 14.9 Å². The number of carboxylic acids is 1. The van der Waals surface area contributed by atoms with Gasteiger partial charge in [0.1, 0.15) is 18.4 Å². The van der Waals surface area contributed by atoms with Gasteiger partial charge in [0.2, 0.25) is 5.88 Å². The maximum absolute atomic E-state index is 11.0. The Bertz CT molecular complexity index is 509. The SMILES string of the molecule is CC(C)(C)OCCOc1ncc([N+](=O)[O-])cc1C(=O)O. The number of nitro groups is 1. The molecule has 1 N–H and O–H groups in total. The highest BCUT2D eigenvalue weighted by molar-refractivity contribution is 5.90. The second-order valence-electron chi connectivity index (χ2n) is 4.92. The van der Waals surface area contributed by atoms with Crippen LogP contribution in [0.4, 0.5) is 5.69 Å². The average Bonchev–Trinajstić information content (AvgIpc) is 2.33. The Morgan fingerprint density at radius 1 is 1.45 bits per heavy atom. The molecule has 0 amide bonds. The molecule has 110 valence electrons. The van der Waals surface area contributed by atoms with Crippen molar-refractivity contribution in [2.75, 3.05) is 13.2 Å². The van der Waals surface area contributed by atoms with Gasteiger partial charge in [0.05, 0.1) is 17.1 Å². The lowest BCUT2D eigenvalue weighted by Crippen LogP contribution is -2.23. The fourth-order valence-corrected chi connectivity index (χ4v) is 1.30. The van der Waals surface area contributed by atoms with E-state index in [1.165, 1.54) is 0 Å². The summed E-state index contributed by atoms with van der Waals surface area (Å²) in [4.78, 5) is 24.5. The molecule has 0 saturated heterocycles. The molecule has 0 atom stereocenters. The average molecular weight is 284 g/mol. The van der Waals surface area contributed by atoms with Gasteiger partial charge in [0.15, 0.2) is 0 Å². The molecular weight excluding hydrogens is 268 g/mol. The summed E-state index contributed by atoms with van der Waals surface area (Å²) < 4.78 is 10.6. The predicted molar refractivity (Wildman–Crippen MR) is 69.1 cm³/mol. The molecule has 0 fully saturated rings. The van der Waals surface area contributed by atoms with Crippen LogP contribution < -0.4 is 4.74 Å². The lowest BCUT2D eigenvalue weighted by Gasteiger charge is -2.19. The zero-order chi connectivity index (χ0) is 15.3. The molecule has 8 nitrogen and oxygen atoms in total. The van der Waals surface area contributed by atoms with Gasteiger partial charge in [-0.1, -0.05) is 0 Å². The molecule has 0 unspecified atom stereocenters. The van der Waals surface area contributed by atoms with Crippen molar-refractivity contribution in [3.63, 3.8) is 0 Å². The fourth-order valence-electron chi connectivity index (χ4n) is 1.30. The molecule has 0 aliphatic heterocycles. The van der Waals surface area contributed by atoms with Gasteiger partial charge in [-0.15, -0.1) is 0 Å². The molecule has 1 rings (SSSR count). The third-order valence-corrected chi connectivity index (χ3v) is 2.14. The molecule has 0 aliphatic rings. The van der Waals surface area contributed by atoms with Crippen molar-refractivity contribution in [1.29, 1.82) is 0 Å². The summed E-state index contributed by atoms with van der Waals surface area (Å²) in [6.45, 7) is 5.98. The van der Waals surface area contributed by atoms with E-state index in [2.05, 4.69) is 4.98 Å². The molecule has 0 aliphatic carbocycles. The number of nitrogens with zero attached hydrogens (tertiary/aromatic N) is 2. The van der Waals surface area contributed by atoms with Gasteiger partial charge in [-0.3, -0.25) is 10.1 Å². The van der Waals surface area contributed by atoms with Crippen LogP contribution >= 0.6 is 0 Å². The van der Waals surface area contributed by atoms with E-state index in [-0.39, 0.29) is 30.3 Å². The van der Waals surface area contributed by atoms with E-state index in [4.69, 9.17) is 14.6 Å². The number of carbonyl (C=O) groups is 1. The number of carboxylic acid groups (broad SMARTS) is 1. The second-order valence-corrected chi connectivity index (χ2v) is 4.92. The van der Waals surface area contributed by atoms with E-state index in [0.29, 0.717) is 0 Å². The monoisotopic (exact) mass is 284 g/mol. The van der Waals surface area contributed by atoms with Crippen LogP contribution in [0.15, 0.2) is 12.3 Å². The summed E-state index contributed by atoms with van der Waals surface area (Å²) in [5.41, 5.74) is -1.09. The highest BCUT2D eigenvalue weighted by atomic mass is 16.6. The van der Waals surface area contributed by atoms with E-state index < -0.39 is 16.6 Å². The topological polar surface area (TPSA) is 112 Å². The maximum atomic E-state index is 11.0. The first kappa shape index (κ1) is 15.8. The van der Waals surface area contributed by atoms with Crippen molar-refractivity contribution < 1.29 is 24.3 Å². The van der Waals surface area contributed by atoms with Crippen LogP contribution in [0.1, 0.15) is 31.1 Å². The Kier molecular flexibility index (Phi) is 4.98. The summed E-state index contributed by atoms with van der Waals surface area (Å²) in [6.07, 6.45) is 0.951. The van der Waals surface area contributed by atoms with Crippen molar-refractivity contribution in [2.24, 2.45) is 0 Å². The highest BCUT2D eigenvalue weighted by Crippen LogP contribution is 2.21. The highest BCUT2D eigenvalue weighted by Gasteiger charge is 2.19. The number of rotatable bonds is 6. The fraction of sp³-hybridized carbons (Fsp3) is 0.500. The lowest BCUT2D eigenvalue weighted by molar-refractivity contribution is -0.385. The van der Waals surface area contributed by atoms with Crippen LogP contribution in [0, 0.1) is 10.1 Å². The summed E-state index contributed by atoms with van der Waals surface area (Å²) >= 11 is 0. The van der Waals surface area contributed by atoms with Crippen molar-refractivity contribution in [3.8, 4) is 5.88 Å². The number of pyridine rings is 1. The molecule has 0 bridgehead atoms. The van der Waals surface area contributed by atoms with E-state index in [0.717, 1.165) is 12.3 Å². The number of hydrogen-bond donors (Lipinski definition) is 1. The van der Waals surface area contributed by atoms with E-state index >= 15 is 0 Å². The zero-order valence-corrected chi connectivity index (χ0v) is 11.5. The quantitative estimate of drug-likeness (QED) is 0.482. The van der Waals surface area contributed by atoms with E-state index in [1.54, 1.807) is 0 Å². The van der Waals surface area contributed by atoms with Crippen molar-refractivity contribution in [1.82, 2.24) is 4.98 Å². The van der Waals surface area contributed by atoms with Gasteiger partial charge in [-0.25, -0.2) is 9.78 Å². The zero-order valence-electron chi connectivity index (χ0n) is 11.5. The van der Waals surface area contributed by atoms with Crippen LogP contribution in [-0.2, 0) is 4.74 Å². The van der Waals surface area contributed by atoms with Gasteiger partial charge >= 0.3 is 5.97 Å². The number of aromatic nitrogens is 1. The third kappa shape index (κ3) is 4.81. The minimum absolute atomic E-state index is 0.0996. The van der Waals surface area contributed by atoms with Crippen molar-refractivity contribution in [3.05, 3.63) is 27.9 Å². The van der Waals surface area contributed by atoms with Crippen LogP contribution in [-0.4, -0.2) is 39.8 Å². The van der Waals surface area contributed by atoms with Crippen LogP contribution in [0.2, 0.25) is 0 Å². The molecule has 0 spiro atoms. The number of ether oxygens (including phenoxy) is 2. The van der Waals surface area contributed by atoms with Crippen molar-refractivity contribution in [2.45, 2.75) is 26.4 Å². The van der Waals surface area contributed by atoms with Crippen LogP contribution in [0.25, 0.3) is 0 Å². The van der Waals surface area contributed by atoms with Crippen LogP contribution in [0.3, 0.4) is 0 Å². The van der Waals surface area contributed by atoms with Gasteiger partial charge in [-0.05, 0) is 20.8 Å². The van der Waals surface area contributed by atoms with E-state index in [1.807, 2.05) is 20.8 Å². The molecule has 0 saturated carbocycles. The Labute approximate surface area is 115 Å². The first-order valence-electron chi connectivity index (χ1n) is 5.85. The largest absolute Gasteiger partial charge is 0.477 e. The summed E-state index contributed by atoms with van der Waals surface area (Å²) in [6, 6.07) is 0.912. The minimum atomic E-state index is -1.34. The third-order valence-electron chi connectivity index (χ3n) is 2.14. The standard InChI is InChI=1S/C12H16N2O6/c1-12(2,3)20-5-4-19-10-9(11(15)16)6-8(7-13-10)14(17)18/h6-7H,4-5H2,1-3H3,(H,15,16). The minimum Gasteiger partial charge on any atom is -0.477 e. The summed E-state index contributed by atoms with van der Waals surface area (Å²) in [5.74, 6) is -1.51. The molecule has 1 aromatic heterocycles. The Balaban J connectivity index is 2.75. The predicted octanol–water partition coefficient (Wildman–Crippen LogP) is 1.88. The second kappa shape index (κ2) is 6.29. The molecule has 0 radical (unpaired) electrons. The molecule has 0 aromatic carbocycles. The summed E-state index contributed by atoms with van der Waals surface area (Å²) in [7, 11) is 0. The Morgan fingerprint density at radius 3 is 2.60 bits per heavy atom. The summed E-state index contributed by atoms with van der Waals surface area (Å²) in [5, 5.41) is 19.6. The smallest absolute Gasteiger partial charge is 0.341 e. The Hall–Kier alpha value is -2.22. The van der Waals surface area contributed by atoms with Gasteiger partial charge in [-0.2, -0.15) is 0 Å². The maximum Gasteiger partial charge on any atom is 0.341 e. The van der Waals surface area contributed by atoms with Crippen molar-refractivity contribution >= 4 is 11.7 Å².